The number of benzene rings is 1. The number of carbonyl (C=O) groups excluding carboxylic acids is 1. The molecule has 244 valence electrons. The van der Waals surface area contributed by atoms with Gasteiger partial charge in [0.2, 0.25) is 5.79 Å². The van der Waals surface area contributed by atoms with Gasteiger partial charge in [-0.1, -0.05) is 89.3 Å². The quantitative estimate of drug-likeness (QED) is 0.161. The number of hydrogen-bond acceptors (Lipinski definition) is 7. The van der Waals surface area contributed by atoms with Crippen molar-refractivity contribution in [2.75, 3.05) is 38.2 Å². The van der Waals surface area contributed by atoms with Crippen molar-refractivity contribution in [2.45, 2.75) is 147 Å². The third kappa shape index (κ3) is 11.0. The number of nitrogens with one attached hydrogen (secondary N) is 1. The molecule has 0 unspecified atom stereocenters. The van der Waals surface area contributed by atoms with Crippen LogP contribution in [0.4, 0.5) is 10.5 Å². The van der Waals surface area contributed by atoms with Crippen LogP contribution in [-0.4, -0.2) is 73.7 Å². The van der Waals surface area contributed by atoms with Crippen molar-refractivity contribution in [3.05, 3.63) is 30.3 Å². The number of ether oxygens (including phenoxy) is 5. The highest BCUT2D eigenvalue weighted by Gasteiger charge is 2.66. The number of unbranched alkanes of at least 4 members (excludes halogenated alkanes) is 9. The molecule has 8 nitrogen and oxygen atoms in total. The van der Waals surface area contributed by atoms with Crippen molar-refractivity contribution in [1.29, 1.82) is 0 Å². The number of fused-ring (bicyclic) bond motifs is 1. The molecule has 4 rings (SSSR count). The standard InChI is InChI=1S/C35H58N2O6/c1-4-5-6-7-8-9-10-11-12-19-27-39-28-35-32(42-34(2,3)43-35)31(40-33(38)36-29-21-15-13-16-22-29)30(41-35)23-20-26-37-24-17-14-18-25-37/h13,15-16,21-22,30-32H,4-12,14,17-20,23-28H2,1-3H3,(H,36,38)/t30-,31+,32-,35-/m0/s1. The Kier molecular flexibility index (Phi) is 14.1. The van der Waals surface area contributed by atoms with Gasteiger partial charge in [0.1, 0.15) is 12.7 Å². The summed E-state index contributed by atoms with van der Waals surface area (Å²) in [6.45, 7) is 10.3. The fraction of sp³-hybridized carbons (Fsp3) is 0.800. The van der Waals surface area contributed by atoms with Crippen LogP contribution in [0.3, 0.4) is 0 Å². The second kappa shape index (κ2) is 17.7. The molecule has 0 aromatic heterocycles. The van der Waals surface area contributed by atoms with Crippen molar-refractivity contribution in [3.63, 3.8) is 0 Å². The number of hydrogen-bond donors (Lipinski definition) is 1. The van der Waals surface area contributed by atoms with Crippen LogP contribution in [0.1, 0.15) is 117 Å². The molecule has 3 heterocycles. The number of piperidine rings is 1. The van der Waals surface area contributed by atoms with Crippen LogP contribution in [-0.2, 0) is 23.7 Å². The summed E-state index contributed by atoms with van der Waals surface area (Å²) in [5, 5.41) is 2.85. The molecule has 0 spiro atoms. The lowest BCUT2D eigenvalue weighted by atomic mass is 10.0. The molecule has 4 atom stereocenters. The van der Waals surface area contributed by atoms with E-state index in [2.05, 4.69) is 17.1 Å². The average molecular weight is 603 g/mol. The lowest BCUT2D eigenvalue weighted by molar-refractivity contribution is -0.278. The van der Waals surface area contributed by atoms with Gasteiger partial charge in [0.15, 0.2) is 18.0 Å². The molecule has 0 radical (unpaired) electrons. The van der Waals surface area contributed by atoms with E-state index in [0.717, 1.165) is 38.9 Å². The Morgan fingerprint density at radius 3 is 2.28 bits per heavy atom. The Hall–Kier alpha value is -1.71. The lowest BCUT2D eigenvalue weighted by Gasteiger charge is -2.29. The van der Waals surface area contributed by atoms with Crippen molar-refractivity contribution in [2.24, 2.45) is 0 Å². The van der Waals surface area contributed by atoms with Gasteiger partial charge in [-0.3, -0.25) is 5.32 Å². The maximum Gasteiger partial charge on any atom is 0.412 e. The average Bonchev–Trinajstić information content (AvgIpc) is 3.41. The van der Waals surface area contributed by atoms with Crippen molar-refractivity contribution >= 4 is 11.8 Å². The molecular weight excluding hydrogens is 544 g/mol. The minimum Gasteiger partial charge on any atom is -0.440 e. The second-order valence-electron chi connectivity index (χ2n) is 13.1. The predicted octanol–water partition coefficient (Wildman–Crippen LogP) is 8.05. The maximum atomic E-state index is 13.0. The second-order valence-corrected chi connectivity index (χ2v) is 13.1. The van der Waals surface area contributed by atoms with Gasteiger partial charge in [0.25, 0.3) is 0 Å². The zero-order valence-corrected chi connectivity index (χ0v) is 27.2. The summed E-state index contributed by atoms with van der Waals surface area (Å²) in [5.41, 5.74) is 0.683. The van der Waals surface area contributed by atoms with Crippen LogP contribution in [0.2, 0.25) is 0 Å². The topological polar surface area (TPSA) is 78.5 Å². The molecule has 3 aliphatic heterocycles. The molecule has 3 aliphatic rings. The molecule has 0 aliphatic carbocycles. The van der Waals surface area contributed by atoms with Gasteiger partial charge in [-0.2, -0.15) is 0 Å². The fourth-order valence-corrected chi connectivity index (χ4v) is 6.72. The largest absolute Gasteiger partial charge is 0.440 e. The van der Waals surface area contributed by atoms with E-state index >= 15 is 0 Å². The first kappa shape index (κ1) is 34.2. The Morgan fingerprint density at radius 1 is 0.907 bits per heavy atom. The normalized spacial score (nSPS) is 26.8. The van der Waals surface area contributed by atoms with E-state index in [0.29, 0.717) is 12.3 Å². The van der Waals surface area contributed by atoms with E-state index in [1.165, 1.54) is 77.0 Å². The molecule has 0 saturated carbocycles. The molecule has 0 bridgehead atoms. The van der Waals surface area contributed by atoms with E-state index in [1.54, 1.807) is 0 Å². The van der Waals surface area contributed by atoms with Gasteiger partial charge in [-0.15, -0.1) is 0 Å². The van der Waals surface area contributed by atoms with Gasteiger partial charge in [-0.25, -0.2) is 4.79 Å². The number of likely N-dealkylation sites (tertiary alicyclic amines) is 1. The molecular formula is C35H58N2O6. The monoisotopic (exact) mass is 602 g/mol. The molecule has 1 aromatic rings. The molecule has 1 N–H and O–H groups in total. The van der Waals surface area contributed by atoms with Crippen LogP contribution in [0.15, 0.2) is 30.3 Å². The van der Waals surface area contributed by atoms with E-state index in [-0.39, 0.29) is 12.7 Å². The Labute approximate surface area is 260 Å². The van der Waals surface area contributed by atoms with Crippen molar-refractivity contribution in [3.8, 4) is 0 Å². The van der Waals surface area contributed by atoms with Gasteiger partial charge in [0, 0.05) is 12.3 Å². The van der Waals surface area contributed by atoms with Gasteiger partial charge in [0.05, 0.1) is 0 Å². The first-order chi connectivity index (χ1) is 20.9. The number of carbonyl (C=O) groups is 1. The number of para-hydroxylation sites is 1. The fourth-order valence-electron chi connectivity index (χ4n) is 6.72. The molecule has 43 heavy (non-hydrogen) atoms. The van der Waals surface area contributed by atoms with Gasteiger partial charge < -0.3 is 28.6 Å². The summed E-state index contributed by atoms with van der Waals surface area (Å²) < 4.78 is 31.7. The van der Waals surface area contributed by atoms with Crippen LogP contribution in [0.25, 0.3) is 0 Å². The predicted molar refractivity (Wildman–Crippen MR) is 170 cm³/mol. The Balaban J connectivity index is 1.29. The third-order valence-corrected chi connectivity index (χ3v) is 8.90. The molecule has 1 amide bonds. The lowest BCUT2D eigenvalue weighted by Crippen LogP contribution is -2.46. The van der Waals surface area contributed by atoms with Crippen LogP contribution >= 0.6 is 0 Å². The zero-order valence-electron chi connectivity index (χ0n) is 27.2. The smallest absolute Gasteiger partial charge is 0.412 e. The summed E-state index contributed by atoms with van der Waals surface area (Å²) in [6, 6.07) is 9.35. The zero-order chi connectivity index (χ0) is 30.4. The van der Waals surface area contributed by atoms with Crippen LogP contribution in [0.5, 0.6) is 0 Å². The third-order valence-electron chi connectivity index (χ3n) is 8.90. The summed E-state index contributed by atoms with van der Waals surface area (Å²) in [4.78, 5) is 15.6. The van der Waals surface area contributed by atoms with E-state index < -0.39 is 29.9 Å². The highest BCUT2D eigenvalue weighted by molar-refractivity contribution is 5.84. The SMILES string of the molecule is CCCCCCCCCCCCOC[C@@]12O[C@@H](CCCN3CCCCC3)[C@@H](OC(=O)Nc3ccccc3)[C@@H]1OC(C)(C)O2. The van der Waals surface area contributed by atoms with E-state index in [1.807, 2.05) is 44.2 Å². The number of nitrogens with zero attached hydrogens (tertiary/aromatic N) is 1. The van der Waals surface area contributed by atoms with E-state index in [4.69, 9.17) is 23.7 Å². The molecule has 3 saturated heterocycles. The summed E-state index contributed by atoms with van der Waals surface area (Å²) in [7, 11) is 0. The van der Waals surface area contributed by atoms with Crippen molar-refractivity contribution in [1.82, 2.24) is 4.90 Å². The molecule has 3 fully saturated rings. The Morgan fingerprint density at radius 2 is 1.58 bits per heavy atom. The highest BCUT2D eigenvalue weighted by Crippen LogP contribution is 2.47. The van der Waals surface area contributed by atoms with Crippen molar-refractivity contribution < 1.29 is 28.5 Å². The Bertz CT molecular complexity index is 924. The van der Waals surface area contributed by atoms with Gasteiger partial charge >= 0.3 is 6.09 Å². The number of amides is 1. The summed E-state index contributed by atoms with van der Waals surface area (Å²) in [6.07, 6.45) is 16.4. The number of anilines is 1. The maximum absolute atomic E-state index is 13.0. The van der Waals surface area contributed by atoms with Gasteiger partial charge in [-0.05, 0) is 77.7 Å². The summed E-state index contributed by atoms with van der Waals surface area (Å²) in [5.74, 6) is -1.98. The number of rotatable bonds is 19. The minimum absolute atomic E-state index is 0.251. The minimum atomic E-state index is -1.10. The summed E-state index contributed by atoms with van der Waals surface area (Å²) >= 11 is 0. The first-order valence-electron chi connectivity index (χ1n) is 17.3. The van der Waals surface area contributed by atoms with Crippen LogP contribution < -0.4 is 5.32 Å². The first-order valence-corrected chi connectivity index (χ1v) is 17.3. The highest BCUT2D eigenvalue weighted by atomic mass is 16.9. The van der Waals surface area contributed by atoms with Crippen LogP contribution in [0, 0.1) is 0 Å². The van der Waals surface area contributed by atoms with E-state index in [9.17, 15) is 4.79 Å². The molecule has 1 aromatic carbocycles. The molecule has 8 heteroatoms.